The molecule has 1 unspecified atom stereocenters. The molecule has 102 valence electrons. The summed E-state index contributed by atoms with van der Waals surface area (Å²) in [5.74, 6) is 5.95. The zero-order chi connectivity index (χ0) is 14.1. The highest BCUT2D eigenvalue weighted by Crippen LogP contribution is 2.06. The van der Waals surface area contributed by atoms with E-state index in [-0.39, 0.29) is 18.6 Å². The molecule has 0 fully saturated rings. The first kappa shape index (κ1) is 15.2. The molecule has 1 aromatic heterocycles. The summed E-state index contributed by atoms with van der Waals surface area (Å²) in [7, 11) is 1.63. The number of ether oxygens (including phenoxy) is 1. The third kappa shape index (κ3) is 6.00. The zero-order valence-electron chi connectivity index (χ0n) is 11.3. The fourth-order valence-electron chi connectivity index (χ4n) is 1.37. The van der Waals surface area contributed by atoms with Gasteiger partial charge in [-0.3, -0.25) is 4.79 Å². The summed E-state index contributed by atoms with van der Waals surface area (Å²) in [5, 5.41) is 2.73. The second kappa shape index (κ2) is 8.25. The molecule has 5 heteroatoms. The molecule has 0 bridgehead atoms. The monoisotopic (exact) mass is 261 g/mol. The lowest BCUT2D eigenvalue weighted by Gasteiger charge is -2.09. The van der Waals surface area contributed by atoms with Crippen LogP contribution in [0.4, 0.5) is 5.82 Å². The van der Waals surface area contributed by atoms with E-state index in [2.05, 4.69) is 22.1 Å². The Morgan fingerprint density at radius 2 is 2.37 bits per heavy atom. The van der Waals surface area contributed by atoms with E-state index in [9.17, 15) is 4.79 Å². The molecule has 0 aromatic carbocycles. The maximum Gasteiger partial charge on any atom is 0.225 e. The Bertz CT molecular complexity index is 477. The average molecular weight is 261 g/mol. The van der Waals surface area contributed by atoms with Gasteiger partial charge in [0.2, 0.25) is 5.91 Å². The summed E-state index contributed by atoms with van der Waals surface area (Å²) in [6, 6.07) is 5.29. The predicted octanol–water partition coefficient (Wildman–Crippen LogP) is 1.15. The summed E-state index contributed by atoms with van der Waals surface area (Å²) >= 11 is 0. The Morgan fingerprint density at radius 3 is 3.05 bits per heavy atom. The van der Waals surface area contributed by atoms with Crippen molar-refractivity contribution in [1.29, 1.82) is 0 Å². The third-order valence-electron chi connectivity index (χ3n) is 2.52. The molecule has 1 rings (SSSR count). The number of anilines is 1. The topological polar surface area (TPSA) is 77.2 Å². The van der Waals surface area contributed by atoms with Crippen molar-refractivity contribution in [2.45, 2.75) is 25.9 Å². The number of hydrogen-bond donors (Lipinski definition) is 2. The van der Waals surface area contributed by atoms with Crippen molar-refractivity contribution in [3.63, 3.8) is 0 Å². The summed E-state index contributed by atoms with van der Waals surface area (Å²) in [4.78, 5) is 15.9. The molecule has 1 atom stereocenters. The van der Waals surface area contributed by atoms with Crippen LogP contribution in [0.1, 0.15) is 25.5 Å². The first-order valence-electron chi connectivity index (χ1n) is 6.14. The lowest BCUT2D eigenvalue weighted by Crippen LogP contribution is -2.16. The standard InChI is InChI=1S/C14H19N3O2/c1-11(19-2)8-9-14(18)17-13-7-3-5-12(16-13)6-4-10-15/h3,5,7,11H,8-10,15H2,1-2H3,(H,16,17,18). The second-order valence-electron chi connectivity index (χ2n) is 4.05. The van der Waals surface area contributed by atoms with E-state index in [1.165, 1.54) is 0 Å². The highest BCUT2D eigenvalue weighted by molar-refractivity contribution is 5.89. The first-order chi connectivity index (χ1) is 9.15. The van der Waals surface area contributed by atoms with E-state index in [0.29, 0.717) is 24.4 Å². The largest absolute Gasteiger partial charge is 0.382 e. The minimum Gasteiger partial charge on any atom is -0.382 e. The summed E-state index contributed by atoms with van der Waals surface area (Å²) in [6.45, 7) is 2.21. The van der Waals surface area contributed by atoms with E-state index in [1.54, 1.807) is 25.3 Å². The molecule has 0 saturated heterocycles. The van der Waals surface area contributed by atoms with Crippen molar-refractivity contribution >= 4 is 11.7 Å². The second-order valence-corrected chi connectivity index (χ2v) is 4.05. The van der Waals surface area contributed by atoms with Crippen molar-refractivity contribution < 1.29 is 9.53 Å². The minimum atomic E-state index is -0.0830. The number of aromatic nitrogens is 1. The Labute approximate surface area is 113 Å². The van der Waals surface area contributed by atoms with Gasteiger partial charge in [0, 0.05) is 13.5 Å². The Hall–Kier alpha value is -1.90. The van der Waals surface area contributed by atoms with Gasteiger partial charge in [-0.2, -0.15) is 0 Å². The number of pyridine rings is 1. The van der Waals surface area contributed by atoms with Gasteiger partial charge < -0.3 is 15.8 Å². The Kier molecular flexibility index (Phi) is 6.58. The number of amides is 1. The van der Waals surface area contributed by atoms with Gasteiger partial charge in [0.15, 0.2) is 0 Å². The molecule has 0 aliphatic heterocycles. The number of carbonyl (C=O) groups excluding carboxylic acids is 1. The van der Waals surface area contributed by atoms with Crippen molar-refractivity contribution in [3.05, 3.63) is 23.9 Å². The summed E-state index contributed by atoms with van der Waals surface area (Å²) in [5.41, 5.74) is 5.88. The number of carbonyl (C=O) groups is 1. The van der Waals surface area contributed by atoms with Crippen molar-refractivity contribution in [2.24, 2.45) is 5.73 Å². The molecule has 0 aliphatic rings. The first-order valence-corrected chi connectivity index (χ1v) is 6.14. The highest BCUT2D eigenvalue weighted by atomic mass is 16.5. The molecular formula is C14H19N3O2. The van der Waals surface area contributed by atoms with Gasteiger partial charge in [-0.25, -0.2) is 4.98 Å². The molecule has 3 N–H and O–H groups in total. The van der Waals surface area contributed by atoms with Crippen LogP contribution in [0.5, 0.6) is 0 Å². The summed E-state index contributed by atoms with van der Waals surface area (Å²) in [6.07, 6.45) is 1.14. The molecule has 0 saturated carbocycles. The number of hydrogen-bond acceptors (Lipinski definition) is 4. The maximum atomic E-state index is 11.7. The van der Waals surface area contributed by atoms with Crippen LogP contribution in [0.15, 0.2) is 18.2 Å². The number of methoxy groups -OCH3 is 1. The molecule has 0 radical (unpaired) electrons. The van der Waals surface area contributed by atoms with E-state index in [0.717, 1.165) is 0 Å². The number of nitrogens with zero attached hydrogens (tertiary/aromatic N) is 1. The van der Waals surface area contributed by atoms with Crippen LogP contribution >= 0.6 is 0 Å². The quantitative estimate of drug-likeness (QED) is 0.779. The molecule has 0 aliphatic carbocycles. The van der Waals surface area contributed by atoms with E-state index < -0.39 is 0 Å². The SMILES string of the molecule is COC(C)CCC(=O)Nc1cccc(C#CCN)n1. The number of rotatable bonds is 5. The molecule has 19 heavy (non-hydrogen) atoms. The van der Waals surface area contributed by atoms with Gasteiger partial charge >= 0.3 is 0 Å². The van der Waals surface area contributed by atoms with Crippen LogP contribution in [0, 0.1) is 11.8 Å². The van der Waals surface area contributed by atoms with Crippen molar-refractivity contribution in [1.82, 2.24) is 4.98 Å². The van der Waals surface area contributed by atoms with Crippen molar-refractivity contribution in [2.75, 3.05) is 19.0 Å². The Morgan fingerprint density at radius 1 is 1.58 bits per heavy atom. The smallest absolute Gasteiger partial charge is 0.225 e. The minimum absolute atomic E-state index is 0.0699. The lowest BCUT2D eigenvalue weighted by molar-refractivity contribution is -0.116. The van der Waals surface area contributed by atoms with Crippen LogP contribution < -0.4 is 11.1 Å². The summed E-state index contributed by atoms with van der Waals surface area (Å²) < 4.78 is 5.09. The fourth-order valence-corrected chi connectivity index (χ4v) is 1.37. The molecule has 1 amide bonds. The molecule has 5 nitrogen and oxygen atoms in total. The van der Waals surface area contributed by atoms with Gasteiger partial charge in [-0.05, 0) is 31.4 Å². The van der Waals surface area contributed by atoms with E-state index in [1.807, 2.05) is 6.92 Å². The lowest BCUT2D eigenvalue weighted by atomic mass is 10.2. The molecular weight excluding hydrogens is 242 g/mol. The van der Waals surface area contributed by atoms with Crippen LogP contribution in [0.3, 0.4) is 0 Å². The van der Waals surface area contributed by atoms with Crippen LogP contribution in [0.2, 0.25) is 0 Å². The maximum absolute atomic E-state index is 11.7. The van der Waals surface area contributed by atoms with Gasteiger partial charge in [0.05, 0.1) is 12.6 Å². The van der Waals surface area contributed by atoms with Crippen LogP contribution in [-0.2, 0) is 9.53 Å². The van der Waals surface area contributed by atoms with Gasteiger partial charge in [0.25, 0.3) is 0 Å². The fraction of sp³-hybridized carbons (Fsp3) is 0.429. The van der Waals surface area contributed by atoms with E-state index in [4.69, 9.17) is 10.5 Å². The zero-order valence-corrected chi connectivity index (χ0v) is 11.3. The number of nitrogens with one attached hydrogen (secondary N) is 1. The van der Waals surface area contributed by atoms with Gasteiger partial charge in [-0.1, -0.05) is 12.0 Å². The van der Waals surface area contributed by atoms with Gasteiger partial charge in [0.1, 0.15) is 11.5 Å². The highest BCUT2D eigenvalue weighted by Gasteiger charge is 2.06. The Balaban J connectivity index is 2.54. The van der Waals surface area contributed by atoms with Crippen LogP contribution in [0.25, 0.3) is 0 Å². The van der Waals surface area contributed by atoms with Gasteiger partial charge in [-0.15, -0.1) is 0 Å². The third-order valence-corrected chi connectivity index (χ3v) is 2.52. The molecule has 1 aromatic rings. The molecule has 0 spiro atoms. The average Bonchev–Trinajstić information content (AvgIpc) is 2.43. The van der Waals surface area contributed by atoms with Crippen LogP contribution in [-0.4, -0.2) is 30.6 Å². The van der Waals surface area contributed by atoms with Crippen molar-refractivity contribution in [3.8, 4) is 11.8 Å². The molecule has 1 heterocycles. The number of nitrogens with two attached hydrogens (primary N) is 1. The van der Waals surface area contributed by atoms with E-state index >= 15 is 0 Å². The normalized spacial score (nSPS) is 11.3. The predicted molar refractivity (Wildman–Crippen MR) is 74.5 cm³/mol.